The Balaban J connectivity index is 2.99. The Kier molecular flexibility index (Phi) is 4.42. The topological polar surface area (TPSA) is 55.4 Å². The highest BCUT2D eigenvalue weighted by atomic mass is 79.9. The lowest BCUT2D eigenvalue weighted by Crippen LogP contribution is -2.14. The van der Waals surface area contributed by atoms with Gasteiger partial charge in [-0.05, 0) is 18.2 Å². The van der Waals surface area contributed by atoms with Crippen molar-refractivity contribution in [2.24, 2.45) is 0 Å². The molecule has 0 radical (unpaired) electrons. The summed E-state index contributed by atoms with van der Waals surface area (Å²) >= 11 is 2.93. The van der Waals surface area contributed by atoms with Crippen molar-refractivity contribution in [3.8, 4) is 0 Å². The highest BCUT2D eigenvalue weighted by Crippen LogP contribution is 2.16. The molecule has 0 unspecified atom stereocenters. The zero-order chi connectivity index (χ0) is 12.1. The van der Waals surface area contributed by atoms with Crippen LogP contribution in [-0.2, 0) is 9.53 Å². The number of esters is 1. The number of nitrogens with one attached hydrogen (secondary N) is 1. The van der Waals surface area contributed by atoms with Crippen molar-refractivity contribution in [2.75, 3.05) is 17.8 Å². The van der Waals surface area contributed by atoms with Gasteiger partial charge < -0.3 is 10.1 Å². The van der Waals surface area contributed by atoms with E-state index in [2.05, 4.69) is 26.0 Å². The second-order valence-electron chi connectivity index (χ2n) is 2.87. The second-order valence-corrected chi connectivity index (χ2v) is 3.43. The van der Waals surface area contributed by atoms with Gasteiger partial charge in [0, 0.05) is 0 Å². The Morgan fingerprint density at radius 1 is 1.50 bits per heavy atom. The van der Waals surface area contributed by atoms with Crippen molar-refractivity contribution >= 4 is 33.5 Å². The van der Waals surface area contributed by atoms with Gasteiger partial charge in [0.2, 0.25) is 5.91 Å². The van der Waals surface area contributed by atoms with Crippen molar-refractivity contribution < 1.29 is 18.7 Å². The van der Waals surface area contributed by atoms with E-state index in [9.17, 15) is 14.0 Å². The molecule has 1 aromatic rings. The van der Waals surface area contributed by atoms with Gasteiger partial charge in [-0.2, -0.15) is 0 Å². The maximum absolute atomic E-state index is 13.3. The van der Waals surface area contributed by atoms with Crippen LogP contribution >= 0.6 is 15.9 Å². The molecular weight excluding hydrogens is 281 g/mol. The van der Waals surface area contributed by atoms with Gasteiger partial charge in [0.15, 0.2) is 0 Å². The molecule has 16 heavy (non-hydrogen) atoms. The number of carbonyl (C=O) groups is 2. The van der Waals surface area contributed by atoms with Crippen LogP contribution in [0.3, 0.4) is 0 Å². The number of alkyl halides is 1. The molecule has 0 atom stereocenters. The van der Waals surface area contributed by atoms with E-state index < -0.39 is 17.7 Å². The summed E-state index contributed by atoms with van der Waals surface area (Å²) in [5.41, 5.74) is 0.126. The van der Waals surface area contributed by atoms with Crippen molar-refractivity contribution in [1.82, 2.24) is 0 Å². The molecule has 1 aromatic carbocycles. The first-order valence-corrected chi connectivity index (χ1v) is 5.44. The number of methoxy groups -OCH3 is 1. The highest BCUT2D eigenvalue weighted by molar-refractivity contribution is 9.09. The van der Waals surface area contributed by atoms with Gasteiger partial charge in [0.05, 0.1) is 23.7 Å². The lowest BCUT2D eigenvalue weighted by Gasteiger charge is -2.06. The summed E-state index contributed by atoms with van der Waals surface area (Å²) < 4.78 is 17.7. The first-order chi connectivity index (χ1) is 7.58. The molecule has 0 aliphatic heterocycles. The molecule has 1 N–H and O–H groups in total. The molecule has 0 fully saturated rings. The van der Waals surface area contributed by atoms with Gasteiger partial charge >= 0.3 is 5.97 Å². The van der Waals surface area contributed by atoms with Crippen molar-refractivity contribution in [3.05, 3.63) is 29.6 Å². The minimum Gasteiger partial charge on any atom is -0.465 e. The van der Waals surface area contributed by atoms with Crippen molar-refractivity contribution in [3.63, 3.8) is 0 Å². The van der Waals surface area contributed by atoms with Crippen LogP contribution in [0.25, 0.3) is 0 Å². The predicted octanol–water partition coefficient (Wildman–Crippen LogP) is 1.95. The summed E-state index contributed by atoms with van der Waals surface area (Å²) in [5, 5.41) is 2.36. The van der Waals surface area contributed by atoms with E-state index in [4.69, 9.17) is 0 Å². The molecule has 0 saturated heterocycles. The van der Waals surface area contributed by atoms with Crippen LogP contribution in [0.5, 0.6) is 0 Å². The molecule has 0 heterocycles. The summed E-state index contributed by atoms with van der Waals surface area (Å²) in [6.07, 6.45) is 0. The third kappa shape index (κ3) is 3.03. The number of amides is 1. The molecule has 0 spiro atoms. The van der Waals surface area contributed by atoms with Gasteiger partial charge in [-0.3, -0.25) is 4.79 Å². The zero-order valence-electron chi connectivity index (χ0n) is 8.42. The smallest absolute Gasteiger partial charge is 0.337 e. The largest absolute Gasteiger partial charge is 0.465 e. The Labute approximate surface area is 99.9 Å². The maximum atomic E-state index is 13.3. The van der Waals surface area contributed by atoms with Crippen LogP contribution in [0.1, 0.15) is 10.4 Å². The summed E-state index contributed by atoms with van der Waals surface area (Å²) in [6.45, 7) is 0. The van der Waals surface area contributed by atoms with Gasteiger partial charge in [-0.25, -0.2) is 9.18 Å². The molecule has 1 amide bonds. The van der Waals surface area contributed by atoms with E-state index in [1.54, 1.807) is 0 Å². The van der Waals surface area contributed by atoms with Crippen molar-refractivity contribution in [1.29, 1.82) is 0 Å². The van der Waals surface area contributed by atoms with Gasteiger partial charge in [0.1, 0.15) is 5.82 Å². The number of hydrogen-bond donors (Lipinski definition) is 1. The van der Waals surface area contributed by atoms with Crippen molar-refractivity contribution in [2.45, 2.75) is 0 Å². The molecule has 4 nitrogen and oxygen atoms in total. The third-order valence-electron chi connectivity index (χ3n) is 1.78. The van der Waals surface area contributed by atoms with Gasteiger partial charge in [-0.15, -0.1) is 0 Å². The lowest BCUT2D eigenvalue weighted by molar-refractivity contribution is -0.113. The SMILES string of the molecule is COC(=O)c1ccc(F)c(NC(=O)CBr)c1. The van der Waals surface area contributed by atoms with E-state index in [0.29, 0.717) is 0 Å². The van der Waals surface area contributed by atoms with Gasteiger partial charge in [-0.1, -0.05) is 15.9 Å². The Bertz CT molecular complexity index is 423. The van der Waals surface area contributed by atoms with Crippen LogP contribution in [0.4, 0.5) is 10.1 Å². The summed E-state index contributed by atoms with van der Waals surface area (Å²) in [6, 6.07) is 3.60. The Hall–Kier alpha value is -1.43. The maximum Gasteiger partial charge on any atom is 0.337 e. The highest BCUT2D eigenvalue weighted by Gasteiger charge is 2.11. The van der Waals surface area contributed by atoms with Crippen LogP contribution in [-0.4, -0.2) is 24.3 Å². The van der Waals surface area contributed by atoms with Crippen LogP contribution in [0.15, 0.2) is 18.2 Å². The van der Waals surface area contributed by atoms with E-state index in [0.717, 1.165) is 6.07 Å². The minimum atomic E-state index is -0.609. The molecule has 0 aliphatic carbocycles. The standard InChI is InChI=1S/C10H9BrFNO3/c1-16-10(15)6-2-3-7(12)8(4-6)13-9(14)5-11/h2-4H,5H2,1H3,(H,13,14). The average Bonchev–Trinajstić information content (AvgIpc) is 2.30. The van der Waals surface area contributed by atoms with Crippen LogP contribution in [0.2, 0.25) is 0 Å². The Morgan fingerprint density at radius 2 is 2.19 bits per heavy atom. The van der Waals surface area contributed by atoms with Gasteiger partial charge in [0.25, 0.3) is 0 Å². The normalized spacial score (nSPS) is 9.69. The molecular formula is C10H9BrFNO3. The fourth-order valence-electron chi connectivity index (χ4n) is 1.05. The molecule has 0 bridgehead atoms. The van der Waals surface area contributed by atoms with E-state index in [1.165, 1.54) is 19.2 Å². The third-order valence-corrected chi connectivity index (χ3v) is 2.29. The van der Waals surface area contributed by atoms with E-state index in [1.807, 2.05) is 0 Å². The first kappa shape index (κ1) is 12.6. The summed E-state index contributed by atoms with van der Waals surface area (Å²) in [4.78, 5) is 22.2. The fraction of sp³-hybridized carbons (Fsp3) is 0.200. The molecule has 86 valence electrons. The van der Waals surface area contributed by atoms with E-state index in [-0.39, 0.29) is 16.6 Å². The monoisotopic (exact) mass is 289 g/mol. The van der Waals surface area contributed by atoms with Crippen LogP contribution in [0, 0.1) is 5.82 Å². The number of halogens is 2. The number of carbonyl (C=O) groups excluding carboxylic acids is 2. The predicted molar refractivity (Wildman–Crippen MR) is 60.2 cm³/mol. The molecule has 6 heteroatoms. The summed E-state index contributed by atoms with van der Waals surface area (Å²) in [5.74, 6) is -1.60. The molecule has 1 rings (SSSR count). The zero-order valence-corrected chi connectivity index (χ0v) is 10.0. The molecule has 0 aliphatic rings. The number of anilines is 1. The number of hydrogen-bond acceptors (Lipinski definition) is 3. The Morgan fingerprint density at radius 3 is 2.75 bits per heavy atom. The number of benzene rings is 1. The average molecular weight is 290 g/mol. The molecule has 0 aromatic heterocycles. The second kappa shape index (κ2) is 5.60. The van der Waals surface area contributed by atoms with Crippen LogP contribution < -0.4 is 5.32 Å². The molecule has 0 saturated carbocycles. The first-order valence-electron chi connectivity index (χ1n) is 4.32. The van der Waals surface area contributed by atoms with E-state index >= 15 is 0 Å². The summed E-state index contributed by atoms with van der Waals surface area (Å²) in [7, 11) is 1.22. The fourth-order valence-corrected chi connectivity index (χ4v) is 1.19. The quantitative estimate of drug-likeness (QED) is 0.683. The number of ether oxygens (including phenoxy) is 1. The minimum absolute atomic E-state index is 0.0487. The lowest BCUT2D eigenvalue weighted by atomic mass is 10.2. The number of rotatable bonds is 3.